The lowest BCUT2D eigenvalue weighted by Gasteiger charge is -2.23. The number of fused-ring (bicyclic) bond motifs is 1. The molecule has 1 fully saturated rings. The lowest BCUT2D eigenvalue weighted by molar-refractivity contribution is -0.137. The Kier molecular flexibility index (Phi) is 6.67. The highest BCUT2D eigenvalue weighted by molar-refractivity contribution is 6.30. The summed E-state index contributed by atoms with van der Waals surface area (Å²) in [4.78, 5) is 6.64. The number of rotatable bonds is 6. The minimum atomic E-state index is -4.41. The number of halogens is 4. The standard InChI is InChI=1S/C28H25ClF3N3/c29-23-10-7-21(8-11-23)27(20-5-3-19(4-6-20)18-35-15-1-2-16-35)34-25-13-14-33-26-17-22(28(30,31)32)9-12-24(25)26/h3-14,17,27H,1-2,15-16,18H2,(H,33,34). The zero-order valence-corrected chi connectivity index (χ0v) is 19.8. The van der Waals surface area contributed by atoms with Gasteiger partial charge >= 0.3 is 6.18 Å². The summed E-state index contributed by atoms with van der Waals surface area (Å²) in [6.07, 6.45) is -0.374. The summed E-state index contributed by atoms with van der Waals surface area (Å²) in [5.41, 5.74) is 3.61. The van der Waals surface area contributed by atoms with E-state index < -0.39 is 11.7 Å². The van der Waals surface area contributed by atoms with Crippen LogP contribution in [0.1, 0.15) is 41.1 Å². The maximum atomic E-state index is 13.2. The largest absolute Gasteiger partial charge is 0.416 e. The van der Waals surface area contributed by atoms with Gasteiger partial charge in [-0.15, -0.1) is 0 Å². The molecule has 0 radical (unpaired) electrons. The Labute approximate surface area is 207 Å². The van der Waals surface area contributed by atoms with Gasteiger partial charge in [-0.25, -0.2) is 0 Å². The molecular formula is C28H25ClF3N3. The number of benzene rings is 3. The van der Waals surface area contributed by atoms with Crippen molar-refractivity contribution in [3.63, 3.8) is 0 Å². The number of nitrogens with one attached hydrogen (secondary N) is 1. The van der Waals surface area contributed by atoms with Crippen molar-refractivity contribution in [2.24, 2.45) is 0 Å². The van der Waals surface area contributed by atoms with E-state index in [4.69, 9.17) is 11.6 Å². The lowest BCUT2D eigenvalue weighted by Crippen LogP contribution is -2.18. The van der Waals surface area contributed by atoms with Crippen LogP contribution in [-0.2, 0) is 12.7 Å². The van der Waals surface area contributed by atoms with Crippen LogP contribution in [0, 0.1) is 0 Å². The van der Waals surface area contributed by atoms with Gasteiger partial charge in [-0.1, -0.05) is 54.1 Å². The van der Waals surface area contributed by atoms with Crippen molar-refractivity contribution in [1.82, 2.24) is 9.88 Å². The minimum absolute atomic E-state index is 0.221. The normalized spacial score (nSPS) is 15.4. The van der Waals surface area contributed by atoms with Crippen LogP contribution in [0.5, 0.6) is 0 Å². The van der Waals surface area contributed by atoms with Crippen molar-refractivity contribution in [2.45, 2.75) is 31.6 Å². The number of pyridine rings is 1. The molecule has 1 unspecified atom stereocenters. The fourth-order valence-corrected chi connectivity index (χ4v) is 4.76. The predicted octanol–water partition coefficient (Wildman–Crippen LogP) is 7.70. The Morgan fingerprint density at radius 2 is 1.54 bits per heavy atom. The van der Waals surface area contributed by atoms with Crippen LogP contribution >= 0.6 is 11.6 Å². The van der Waals surface area contributed by atoms with E-state index in [-0.39, 0.29) is 6.04 Å². The molecule has 1 aromatic heterocycles. The molecule has 0 aliphatic carbocycles. The molecule has 0 amide bonds. The Hall–Kier alpha value is -3.09. The first-order valence-electron chi connectivity index (χ1n) is 11.7. The first-order valence-corrected chi connectivity index (χ1v) is 12.0. The fourth-order valence-electron chi connectivity index (χ4n) is 4.63. The summed E-state index contributed by atoms with van der Waals surface area (Å²) < 4.78 is 39.6. The van der Waals surface area contributed by atoms with Gasteiger partial charge in [-0.2, -0.15) is 13.2 Å². The molecule has 35 heavy (non-hydrogen) atoms. The van der Waals surface area contributed by atoms with Gasteiger partial charge in [0.1, 0.15) is 0 Å². The molecule has 5 rings (SSSR count). The first-order chi connectivity index (χ1) is 16.9. The maximum absolute atomic E-state index is 13.2. The molecule has 1 aliphatic rings. The molecule has 1 saturated heterocycles. The average Bonchev–Trinajstić information content (AvgIpc) is 3.36. The first kappa shape index (κ1) is 23.6. The van der Waals surface area contributed by atoms with Crippen molar-refractivity contribution in [3.8, 4) is 0 Å². The molecule has 1 N–H and O–H groups in total. The molecule has 2 heterocycles. The monoisotopic (exact) mass is 495 g/mol. The summed E-state index contributed by atoms with van der Waals surface area (Å²) in [6, 6.07) is 21.4. The van der Waals surface area contributed by atoms with Crippen LogP contribution in [0.2, 0.25) is 5.02 Å². The Morgan fingerprint density at radius 1 is 0.886 bits per heavy atom. The third-order valence-corrected chi connectivity index (χ3v) is 6.74. The second-order valence-corrected chi connectivity index (χ2v) is 9.38. The third kappa shape index (κ3) is 5.44. The van der Waals surface area contributed by atoms with Gasteiger partial charge in [-0.05, 0) is 73.0 Å². The van der Waals surface area contributed by atoms with Crippen molar-refractivity contribution in [2.75, 3.05) is 18.4 Å². The van der Waals surface area contributed by atoms with Gasteiger partial charge in [0.25, 0.3) is 0 Å². The van der Waals surface area contributed by atoms with Crippen molar-refractivity contribution < 1.29 is 13.2 Å². The van der Waals surface area contributed by atoms with Gasteiger partial charge in [0, 0.05) is 28.8 Å². The number of hydrogen-bond donors (Lipinski definition) is 1. The number of likely N-dealkylation sites (tertiary alicyclic amines) is 1. The van der Waals surface area contributed by atoms with Crippen LogP contribution < -0.4 is 5.32 Å². The number of hydrogen-bond acceptors (Lipinski definition) is 3. The summed E-state index contributed by atoms with van der Waals surface area (Å²) in [5.74, 6) is 0. The van der Waals surface area contributed by atoms with Gasteiger partial charge in [0.2, 0.25) is 0 Å². The van der Waals surface area contributed by atoms with Crippen LogP contribution in [0.4, 0.5) is 18.9 Å². The predicted molar refractivity (Wildman–Crippen MR) is 135 cm³/mol. The van der Waals surface area contributed by atoms with Gasteiger partial charge < -0.3 is 5.32 Å². The van der Waals surface area contributed by atoms with E-state index in [1.165, 1.54) is 30.7 Å². The smallest absolute Gasteiger partial charge is 0.374 e. The summed E-state index contributed by atoms with van der Waals surface area (Å²) in [7, 11) is 0. The topological polar surface area (TPSA) is 28.2 Å². The lowest BCUT2D eigenvalue weighted by atomic mass is 9.96. The van der Waals surface area contributed by atoms with E-state index in [2.05, 4.69) is 39.5 Å². The molecule has 1 atom stereocenters. The van der Waals surface area contributed by atoms with Gasteiger partial charge in [0.05, 0.1) is 17.1 Å². The molecule has 4 aromatic rings. The number of alkyl halides is 3. The Balaban J connectivity index is 1.48. The molecule has 7 heteroatoms. The highest BCUT2D eigenvalue weighted by Gasteiger charge is 2.30. The highest BCUT2D eigenvalue weighted by Crippen LogP contribution is 2.35. The number of anilines is 1. The molecule has 0 saturated carbocycles. The molecule has 3 nitrogen and oxygen atoms in total. The van der Waals surface area contributed by atoms with E-state index in [9.17, 15) is 13.2 Å². The molecule has 0 spiro atoms. The summed E-state index contributed by atoms with van der Waals surface area (Å²) in [5, 5.41) is 4.82. The Bertz CT molecular complexity index is 1300. The van der Waals surface area contributed by atoms with Crippen molar-refractivity contribution >= 4 is 28.2 Å². The SMILES string of the molecule is FC(F)(F)c1ccc2c(NC(c3ccc(Cl)cc3)c3ccc(CN4CCCC4)cc3)ccnc2c1. The van der Waals surface area contributed by atoms with Gasteiger partial charge in [-0.3, -0.25) is 9.88 Å². The van der Waals surface area contributed by atoms with E-state index in [1.54, 1.807) is 6.07 Å². The molecule has 3 aromatic carbocycles. The van der Waals surface area contributed by atoms with Crippen molar-refractivity contribution in [3.05, 3.63) is 106 Å². The summed E-state index contributed by atoms with van der Waals surface area (Å²) in [6.45, 7) is 3.22. The number of aromatic nitrogens is 1. The molecule has 180 valence electrons. The second kappa shape index (κ2) is 9.88. The quantitative estimate of drug-likeness (QED) is 0.297. The van der Waals surface area contributed by atoms with Crippen LogP contribution in [-0.4, -0.2) is 23.0 Å². The fraction of sp³-hybridized carbons (Fsp3) is 0.250. The highest BCUT2D eigenvalue weighted by atomic mass is 35.5. The summed E-state index contributed by atoms with van der Waals surface area (Å²) >= 11 is 6.13. The maximum Gasteiger partial charge on any atom is 0.416 e. The van der Waals surface area contributed by atoms with Crippen LogP contribution in [0.3, 0.4) is 0 Å². The molecular weight excluding hydrogens is 471 g/mol. The van der Waals surface area contributed by atoms with Crippen LogP contribution in [0.25, 0.3) is 10.9 Å². The van der Waals surface area contributed by atoms with E-state index in [0.717, 1.165) is 42.9 Å². The third-order valence-electron chi connectivity index (χ3n) is 6.49. The van der Waals surface area contributed by atoms with Crippen LogP contribution in [0.15, 0.2) is 79.0 Å². The van der Waals surface area contributed by atoms with E-state index in [1.807, 2.05) is 24.3 Å². The zero-order chi connectivity index (χ0) is 24.4. The average molecular weight is 496 g/mol. The molecule has 1 aliphatic heterocycles. The zero-order valence-electron chi connectivity index (χ0n) is 19.0. The van der Waals surface area contributed by atoms with Crippen molar-refractivity contribution in [1.29, 1.82) is 0 Å². The van der Waals surface area contributed by atoms with E-state index >= 15 is 0 Å². The number of nitrogens with zero attached hydrogens (tertiary/aromatic N) is 2. The van der Waals surface area contributed by atoms with E-state index in [0.29, 0.717) is 21.6 Å². The minimum Gasteiger partial charge on any atom is -0.374 e. The van der Waals surface area contributed by atoms with Gasteiger partial charge in [0.15, 0.2) is 0 Å². The Morgan fingerprint density at radius 3 is 2.20 bits per heavy atom. The second-order valence-electron chi connectivity index (χ2n) is 8.94. The molecule has 0 bridgehead atoms.